The first kappa shape index (κ1) is 20.8. The highest BCUT2D eigenvalue weighted by Crippen LogP contribution is 2.28. The first-order chi connectivity index (χ1) is 13.3. The Bertz CT molecular complexity index is 943. The number of hydrogen-bond acceptors (Lipinski definition) is 4. The molecular weight excluding hydrogens is 423 g/mol. The van der Waals surface area contributed by atoms with E-state index in [4.69, 9.17) is 27.9 Å². The van der Waals surface area contributed by atoms with Crippen LogP contribution in [-0.4, -0.2) is 38.9 Å². The summed E-state index contributed by atoms with van der Waals surface area (Å²) < 4.78 is 33.0. The SMILES string of the molecule is O=C(COc1ccc(S(=O)(=O)Nc2ccc(Cl)cc2)cc1Cl)N1CCCCC1. The van der Waals surface area contributed by atoms with Crippen molar-refractivity contribution in [1.29, 1.82) is 0 Å². The molecule has 0 unspecified atom stereocenters. The Morgan fingerprint density at radius 1 is 1.04 bits per heavy atom. The maximum atomic E-state index is 12.5. The van der Waals surface area contributed by atoms with Gasteiger partial charge in [0.15, 0.2) is 6.61 Å². The molecule has 150 valence electrons. The van der Waals surface area contributed by atoms with Crippen molar-refractivity contribution in [2.24, 2.45) is 0 Å². The number of sulfonamides is 1. The van der Waals surface area contributed by atoms with Crippen LogP contribution in [0.4, 0.5) is 5.69 Å². The van der Waals surface area contributed by atoms with Crippen LogP contribution < -0.4 is 9.46 Å². The third kappa shape index (κ3) is 5.31. The molecule has 9 heteroatoms. The first-order valence-corrected chi connectivity index (χ1v) is 11.1. The largest absolute Gasteiger partial charge is 0.482 e. The Morgan fingerprint density at radius 3 is 2.36 bits per heavy atom. The lowest BCUT2D eigenvalue weighted by atomic mass is 10.1. The van der Waals surface area contributed by atoms with Crippen molar-refractivity contribution >= 4 is 44.8 Å². The molecule has 0 saturated carbocycles. The predicted octanol–water partition coefficient (Wildman–Crippen LogP) is 4.19. The van der Waals surface area contributed by atoms with E-state index in [1.807, 2.05) is 0 Å². The van der Waals surface area contributed by atoms with Gasteiger partial charge in [-0.25, -0.2) is 8.42 Å². The van der Waals surface area contributed by atoms with Crippen molar-refractivity contribution in [3.05, 3.63) is 52.5 Å². The van der Waals surface area contributed by atoms with Gasteiger partial charge in [-0.3, -0.25) is 9.52 Å². The van der Waals surface area contributed by atoms with Gasteiger partial charge < -0.3 is 9.64 Å². The Hall–Kier alpha value is -1.96. The molecule has 28 heavy (non-hydrogen) atoms. The summed E-state index contributed by atoms with van der Waals surface area (Å²) in [7, 11) is -3.82. The van der Waals surface area contributed by atoms with Crippen molar-refractivity contribution in [3.8, 4) is 5.75 Å². The van der Waals surface area contributed by atoms with E-state index in [0.29, 0.717) is 10.7 Å². The minimum atomic E-state index is -3.82. The summed E-state index contributed by atoms with van der Waals surface area (Å²) in [6, 6.07) is 10.4. The monoisotopic (exact) mass is 442 g/mol. The zero-order valence-corrected chi connectivity index (χ0v) is 17.4. The number of carbonyl (C=O) groups is 1. The van der Waals surface area contributed by atoms with Crippen molar-refractivity contribution < 1.29 is 17.9 Å². The van der Waals surface area contributed by atoms with Crippen LogP contribution in [0, 0.1) is 0 Å². The molecular formula is C19H20Cl2N2O4S. The smallest absolute Gasteiger partial charge is 0.261 e. The molecule has 0 bridgehead atoms. The second kappa shape index (κ2) is 9.03. The van der Waals surface area contributed by atoms with Crippen molar-refractivity contribution in [2.75, 3.05) is 24.4 Å². The summed E-state index contributed by atoms with van der Waals surface area (Å²) in [5.74, 6) is 0.161. The van der Waals surface area contributed by atoms with Gasteiger partial charge in [0.1, 0.15) is 5.75 Å². The summed E-state index contributed by atoms with van der Waals surface area (Å²) in [5, 5.41) is 0.622. The second-order valence-electron chi connectivity index (χ2n) is 6.43. The van der Waals surface area contributed by atoms with Crippen molar-refractivity contribution in [1.82, 2.24) is 4.90 Å². The van der Waals surface area contributed by atoms with Gasteiger partial charge in [-0.15, -0.1) is 0 Å². The van der Waals surface area contributed by atoms with Gasteiger partial charge in [-0.1, -0.05) is 23.2 Å². The number of ether oxygens (including phenoxy) is 1. The molecule has 1 aliphatic heterocycles. The highest BCUT2D eigenvalue weighted by Gasteiger charge is 2.19. The number of piperidine rings is 1. The molecule has 2 aromatic rings. The topological polar surface area (TPSA) is 75.7 Å². The average molecular weight is 443 g/mol. The summed E-state index contributed by atoms with van der Waals surface area (Å²) in [6.07, 6.45) is 3.13. The molecule has 1 aliphatic rings. The predicted molar refractivity (Wildman–Crippen MR) is 110 cm³/mol. The van der Waals surface area contributed by atoms with Gasteiger partial charge >= 0.3 is 0 Å². The number of amides is 1. The number of hydrogen-bond donors (Lipinski definition) is 1. The Kier molecular flexibility index (Phi) is 6.69. The van der Waals surface area contributed by atoms with Crippen LogP contribution >= 0.6 is 23.2 Å². The van der Waals surface area contributed by atoms with Crippen LogP contribution in [0.1, 0.15) is 19.3 Å². The van der Waals surface area contributed by atoms with Crippen LogP contribution in [0.15, 0.2) is 47.4 Å². The number of halogens is 2. The minimum absolute atomic E-state index is 0.0119. The van der Waals surface area contributed by atoms with Gasteiger partial charge in [-0.2, -0.15) is 0 Å². The number of nitrogens with one attached hydrogen (secondary N) is 1. The second-order valence-corrected chi connectivity index (χ2v) is 8.96. The normalized spacial score (nSPS) is 14.6. The molecule has 1 heterocycles. The van der Waals surface area contributed by atoms with Gasteiger partial charge in [0, 0.05) is 23.8 Å². The summed E-state index contributed by atoms with van der Waals surface area (Å²) in [4.78, 5) is 13.9. The quantitative estimate of drug-likeness (QED) is 0.727. The van der Waals surface area contributed by atoms with Crippen LogP contribution in [0.5, 0.6) is 5.75 Å². The van der Waals surface area contributed by atoms with E-state index < -0.39 is 10.0 Å². The van der Waals surface area contributed by atoms with Gasteiger partial charge in [0.2, 0.25) is 0 Å². The molecule has 0 aromatic heterocycles. The maximum Gasteiger partial charge on any atom is 0.261 e. The van der Waals surface area contributed by atoms with Gasteiger partial charge in [-0.05, 0) is 61.7 Å². The van der Waals surface area contributed by atoms with E-state index in [2.05, 4.69) is 4.72 Å². The van der Waals surface area contributed by atoms with Crippen LogP contribution in [0.3, 0.4) is 0 Å². The Labute approximate surface area is 174 Å². The zero-order valence-electron chi connectivity index (χ0n) is 15.0. The van der Waals surface area contributed by atoms with E-state index >= 15 is 0 Å². The summed E-state index contributed by atoms with van der Waals surface area (Å²) in [5.41, 5.74) is 0.382. The Balaban J connectivity index is 1.65. The van der Waals surface area contributed by atoms with Crippen molar-refractivity contribution in [2.45, 2.75) is 24.2 Å². The highest BCUT2D eigenvalue weighted by atomic mass is 35.5. The lowest BCUT2D eigenvalue weighted by molar-refractivity contribution is -0.134. The van der Waals surface area contributed by atoms with Crippen LogP contribution in [-0.2, 0) is 14.8 Å². The standard InChI is InChI=1S/C19H20Cl2N2O4S/c20-14-4-6-15(7-5-14)22-28(25,26)16-8-9-18(17(21)12-16)27-13-19(24)23-10-2-1-3-11-23/h4-9,12,22H,1-3,10-11,13H2. The number of likely N-dealkylation sites (tertiary alicyclic amines) is 1. The van der Waals surface area contributed by atoms with E-state index in [1.165, 1.54) is 18.2 Å². The molecule has 1 fully saturated rings. The molecule has 0 spiro atoms. The third-order valence-electron chi connectivity index (χ3n) is 4.37. The molecule has 2 aromatic carbocycles. The number of rotatable bonds is 6. The van der Waals surface area contributed by atoms with Crippen molar-refractivity contribution in [3.63, 3.8) is 0 Å². The fraction of sp³-hybridized carbons (Fsp3) is 0.316. The highest BCUT2D eigenvalue weighted by molar-refractivity contribution is 7.92. The number of nitrogens with zero attached hydrogens (tertiary/aromatic N) is 1. The molecule has 3 rings (SSSR count). The lowest BCUT2D eigenvalue weighted by Crippen LogP contribution is -2.38. The number of benzene rings is 2. The minimum Gasteiger partial charge on any atom is -0.482 e. The van der Waals surface area contributed by atoms with Gasteiger partial charge in [0.25, 0.3) is 15.9 Å². The number of anilines is 1. The first-order valence-electron chi connectivity index (χ1n) is 8.84. The summed E-state index contributed by atoms with van der Waals surface area (Å²) >= 11 is 12.0. The van der Waals surface area contributed by atoms with E-state index in [1.54, 1.807) is 29.2 Å². The molecule has 1 saturated heterocycles. The van der Waals surface area contributed by atoms with Gasteiger partial charge in [0.05, 0.1) is 9.92 Å². The molecule has 0 atom stereocenters. The average Bonchev–Trinajstić information content (AvgIpc) is 2.69. The Morgan fingerprint density at radius 2 is 1.71 bits per heavy atom. The summed E-state index contributed by atoms with van der Waals surface area (Å²) in [6.45, 7) is 1.35. The molecule has 1 amide bonds. The maximum absolute atomic E-state index is 12.5. The van der Waals surface area contributed by atoms with E-state index in [-0.39, 0.29) is 28.2 Å². The fourth-order valence-corrected chi connectivity index (χ4v) is 4.38. The van der Waals surface area contributed by atoms with E-state index in [0.717, 1.165) is 32.4 Å². The third-order valence-corrected chi connectivity index (χ3v) is 6.30. The van der Waals surface area contributed by atoms with Crippen LogP contribution in [0.25, 0.3) is 0 Å². The molecule has 6 nitrogen and oxygen atoms in total. The van der Waals surface area contributed by atoms with E-state index in [9.17, 15) is 13.2 Å². The lowest BCUT2D eigenvalue weighted by Gasteiger charge is -2.26. The molecule has 1 N–H and O–H groups in total. The number of carbonyl (C=O) groups excluding carboxylic acids is 1. The zero-order chi connectivity index (χ0) is 20.1. The van der Waals surface area contributed by atoms with Crippen LogP contribution in [0.2, 0.25) is 10.0 Å². The fourth-order valence-electron chi connectivity index (χ4n) is 2.87. The molecule has 0 aliphatic carbocycles. The molecule has 0 radical (unpaired) electrons.